The Bertz CT molecular complexity index is 834. The number of amides is 3. The minimum Gasteiger partial charge on any atom is -0.468 e. The Hall–Kier alpha value is -3.55. The molecule has 0 heterocycles. The minimum atomic E-state index is -0.528. The third-order valence-corrected chi connectivity index (χ3v) is 3.91. The van der Waals surface area contributed by atoms with Crippen LogP contribution in [0.25, 0.3) is 0 Å². The quantitative estimate of drug-likeness (QED) is 0.634. The van der Waals surface area contributed by atoms with Crippen LogP contribution in [0.3, 0.4) is 0 Å². The number of ether oxygens (including phenoxy) is 1. The van der Waals surface area contributed by atoms with Gasteiger partial charge in [0, 0.05) is 37.6 Å². The molecule has 0 fully saturated rings. The third-order valence-electron chi connectivity index (χ3n) is 3.91. The van der Waals surface area contributed by atoms with Gasteiger partial charge in [0.2, 0.25) is 0 Å². The number of esters is 1. The molecule has 0 aliphatic rings. The van der Waals surface area contributed by atoms with Gasteiger partial charge in [-0.05, 0) is 42.0 Å². The molecule has 0 radical (unpaired) electrons. The molecule has 148 valence electrons. The second kappa shape index (κ2) is 9.96. The zero-order valence-electron chi connectivity index (χ0n) is 16.1. The smallest absolute Gasteiger partial charge is 0.325 e. The molecule has 0 spiro atoms. The van der Waals surface area contributed by atoms with Crippen LogP contribution in [0.15, 0.2) is 48.5 Å². The van der Waals surface area contributed by atoms with E-state index in [4.69, 9.17) is 0 Å². The van der Waals surface area contributed by atoms with Gasteiger partial charge in [-0.3, -0.25) is 9.59 Å². The maximum Gasteiger partial charge on any atom is 0.325 e. The first-order valence-electron chi connectivity index (χ1n) is 8.65. The van der Waals surface area contributed by atoms with Gasteiger partial charge in [-0.1, -0.05) is 12.1 Å². The molecule has 8 nitrogen and oxygen atoms in total. The number of hydrogen-bond acceptors (Lipinski definition) is 5. The second-order valence-electron chi connectivity index (χ2n) is 6.21. The van der Waals surface area contributed by atoms with Crippen LogP contribution in [0.4, 0.5) is 16.2 Å². The summed E-state index contributed by atoms with van der Waals surface area (Å²) in [6.07, 6.45) is 0. The van der Waals surface area contributed by atoms with Gasteiger partial charge in [-0.25, -0.2) is 4.79 Å². The number of anilines is 2. The van der Waals surface area contributed by atoms with E-state index in [2.05, 4.69) is 20.7 Å². The van der Waals surface area contributed by atoms with Crippen molar-refractivity contribution in [3.8, 4) is 0 Å². The number of carbonyl (C=O) groups is 3. The molecule has 3 amide bonds. The van der Waals surface area contributed by atoms with Crippen molar-refractivity contribution in [1.29, 1.82) is 0 Å². The number of benzene rings is 2. The summed E-state index contributed by atoms with van der Waals surface area (Å²) in [6, 6.07) is 13.9. The lowest BCUT2D eigenvalue weighted by atomic mass is 10.2. The van der Waals surface area contributed by atoms with Crippen molar-refractivity contribution in [3.05, 3.63) is 59.7 Å². The Kier molecular flexibility index (Phi) is 7.38. The Morgan fingerprint density at radius 3 is 2.36 bits per heavy atom. The number of methoxy groups -OCH3 is 1. The number of nitrogens with one attached hydrogen (secondary N) is 3. The molecule has 0 bridgehead atoms. The number of nitrogens with zero attached hydrogens (tertiary/aromatic N) is 1. The van der Waals surface area contributed by atoms with Crippen molar-refractivity contribution in [2.75, 3.05) is 38.0 Å². The molecule has 0 unspecified atom stereocenters. The van der Waals surface area contributed by atoms with Crippen molar-refractivity contribution in [1.82, 2.24) is 10.6 Å². The van der Waals surface area contributed by atoms with E-state index in [1.54, 1.807) is 24.3 Å². The standard InChI is InChI=1S/C20H24N4O4/c1-24(2)17-6-4-5-14(11-17)12-22-20(27)23-16-9-7-15(8-10-16)19(26)21-13-18(25)28-3/h4-11H,12-13H2,1-3H3,(H,21,26)(H2,22,23,27). The lowest BCUT2D eigenvalue weighted by Crippen LogP contribution is -2.30. The van der Waals surface area contributed by atoms with Gasteiger partial charge in [-0.2, -0.15) is 0 Å². The number of carbonyl (C=O) groups excluding carboxylic acids is 3. The van der Waals surface area contributed by atoms with Gasteiger partial charge in [0.05, 0.1) is 7.11 Å². The van der Waals surface area contributed by atoms with E-state index < -0.39 is 11.9 Å². The van der Waals surface area contributed by atoms with Crippen molar-refractivity contribution >= 4 is 29.3 Å². The molecular formula is C20H24N4O4. The predicted octanol–water partition coefficient (Wildman–Crippen LogP) is 1.98. The SMILES string of the molecule is COC(=O)CNC(=O)c1ccc(NC(=O)NCc2cccc(N(C)C)c2)cc1. The maximum absolute atomic E-state index is 12.1. The van der Waals surface area contributed by atoms with E-state index in [0.717, 1.165) is 11.3 Å². The summed E-state index contributed by atoms with van der Waals surface area (Å²) in [5.41, 5.74) is 2.96. The first-order chi connectivity index (χ1) is 13.4. The van der Waals surface area contributed by atoms with Crippen molar-refractivity contribution in [3.63, 3.8) is 0 Å². The Labute approximate surface area is 163 Å². The summed E-state index contributed by atoms with van der Waals surface area (Å²) in [7, 11) is 5.16. The van der Waals surface area contributed by atoms with E-state index in [9.17, 15) is 14.4 Å². The third kappa shape index (κ3) is 6.31. The van der Waals surface area contributed by atoms with Crippen LogP contribution in [0.5, 0.6) is 0 Å². The summed E-state index contributed by atoms with van der Waals surface area (Å²) in [5, 5.41) is 7.94. The van der Waals surface area contributed by atoms with Gasteiger partial charge in [0.15, 0.2) is 0 Å². The molecule has 0 saturated heterocycles. The summed E-state index contributed by atoms with van der Waals surface area (Å²) >= 11 is 0. The lowest BCUT2D eigenvalue weighted by Gasteiger charge is -2.14. The van der Waals surface area contributed by atoms with E-state index >= 15 is 0 Å². The summed E-state index contributed by atoms with van der Waals surface area (Å²) < 4.78 is 4.46. The highest BCUT2D eigenvalue weighted by atomic mass is 16.5. The van der Waals surface area contributed by atoms with Crippen LogP contribution < -0.4 is 20.9 Å². The monoisotopic (exact) mass is 384 g/mol. The van der Waals surface area contributed by atoms with Crippen molar-refractivity contribution in [2.24, 2.45) is 0 Å². The van der Waals surface area contributed by atoms with Crippen LogP contribution in [0, 0.1) is 0 Å². The van der Waals surface area contributed by atoms with Crippen molar-refractivity contribution in [2.45, 2.75) is 6.54 Å². The van der Waals surface area contributed by atoms with Crippen LogP contribution in [-0.2, 0) is 16.1 Å². The van der Waals surface area contributed by atoms with E-state index in [-0.39, 0.29) is 12.6 Å². The fourth-order valence-electron chi connectivity index (χ4n) is 2.33. The van der Waals surface area contributed by atoms with Gasteiger partial charge in [0.1, 0.15) is 6.54 Å². The van der Waals surface area contributed by atoms with Gasteiger partial charge in [-0.15, -0.1) is 0 Å². The normalized spacial score (nSPS) is 9.96. The van der Waals surface area contributed by atoms with E-state index in [1.165, 1.54) is 7.11 Å². The Balaban J connectivity index is 1.84. The summed E-state index contributed by atoms with van der Waals surface area (Å²) in [6.45, 7) is 0.189. The highest BCUT2D eigenvalue weighted by molar-refractivity contribution is 5.97. The zero-order valence-corrected chi connectivity index (χ0v) is 16.1. The average Bonchev–Trinajstić information content (AvgIpc) is 2.71. The second-order valence-corrected chi connectivity index (χ2v) is 6.21. The molecule has 3 N–H and O–H groups in total. The molecule has 0 saturated carbocycles. The molecule has 0 aliphatic heterocycles. The average molecular weight is 384 g/mol. The zero-order chi connectivity index (χ0) is 20.5. The number of hydrogen-bond donors (Lipinski definition) is 3. The summed E-state index contributed by atoms with van der Waals surface area (Å²) in [5.74, 6) is -0.929. The molecule has 0 atom stereocenters. The Morgan fingerprint density at radius 2 is 1.71 bits per heavy atom. The van der Waals surface area contributed by atoms with Crippen LogP contribution in [-0.4, -0.2) is 45.7 Å². The Morgan fingerprint density at radius 1 is 1.00 bits per heavy atom. The molecule has 8 heteroatoms. The van der Waals surface area contributed by atoms with Gasteiger partial charge >= 0.3 is 12.0 Å². The van der Waals surface area contributed by atoms with Crippen LogP contribution >= 0.6 is 0 Å². The van der Waals surface area contributed by atoms with Crippen molar-refractivity contribution < 1.29 is 19.1 Å². The molecule has 2 rings (SSSR count). The highest BCUT2D eigenvalue weighted by Gasteiger charge is 2.09. The molecule has 28 heavy (non-hydrogen) atoms. The molecule has 0 aliphatic carbocycles. The molecular weight excluding hydrogens is 360 g/mol. The number of urea groups is 1. The van der Waals surface area contributed by atoms with E-state index in [0.29, 0.717) is 17.8 Å². The van der Waals surface area contributed by atoms with Crippen LogP contribution in [0.2, 0.25) is 0 Å². The first-order valence-corrected chi connectivity index (χ1v) is 8.65. The maximum atomic E-state index is 12.1. The first kappa shape index (κ1) is 20.8. The molecule has 0 aromatic heterocycles. The molecule has 2 aromatic carbocycles. The predicted molar refractivity (Wildman–Crippen MR) is 107 cm³/mol. The topological polar surface area (TPSA) is 99.8 Å². The van der Waals surface area contributed by atoms with Gasteiger partial charge in [0.25, 0.3) is 5.91 Å². The minimum absolute atomic E-state index is 0.202. The fourth-order valence-corrected chi connectivity index (χ4v) is 2.33. The van der Waals surface area contributed by atoms with Gasteiger partial charge < -0.3 is 25.6 Å². The molecule has 2 aromatic rings. The van der Waals surface area contributed by atoms with E-state index in [1.807, 2.05) is 43.3 Å². The van der Waals surface area contributed by atoms with Crippen LogP contribution in [0.1, 0.15) is 15.9 Å². The summed E-state index contributed by atoms with van der Waals surface area (Å²) in [4.78, 5) is 37.0. The lowest BCUT2D eigenvalue weighted by molar-refractivity contribution is -0.139. The number of rotatable bonds is 7. The fraction of sp³-hybridized carbons (Fsp3) is 0.250. The highest BCUT2D eigenvalue weighted by Crippen LogP contribution is 2.13. The largest absolute Gasteiger partial charge is 0.468 e.